The van der Waals surface area contributed by atoms with E-state index in [0.717, 1.165) is 32.4 Å². The number of aliphatic carboxylic acids is 1. The minimum absolute atomic E-state index is 0.145. The average Bonchev–Trinajstić information content (AvgIpc) is 2.94. The maximum absolute atomic E-state index is 11.1. The van der Waals surface area contributed by atoms with Crippen molar-refractivity contribution in [2.45, 2.75) is 51.5 Å². The first kappa shape index (κ1) is 15.0. The van der Waals surface area contributed by atoms with E-state index in [0.29, 0.717) is 0 Å². The number of rotatable bonds is 7. The largest absolute Gasteiger partial charge is 0.481 e. The lowest BCUT2D eigenvalue weighted by Crippen LogP contribution is -2.36. The monoisotopic (exact) mass is 275 g/mol. The molecule has 20 heavy (non-hydrogen) atoms. The molecule has 1 unspecified atom stereocenters. The number of aryl methyl sites for hydroxylation is 1. The molecule has 0 aliphatic carbocycles. The Labute approximate surface area is 121 Å². The van der Waals surface area contributed by atoms with Crippen LogP contribution in [0.2, 0.25) is 0 Å². The molecule has 3 heteroatoms. The fourth-order valence-electron chi connectivity index (χ4n) is 3.04. The Morgan fingerprint density at radius 1 is 1.20 bits per heavy atom. The predicted octanol–water partition coefficient (Wildman–Crippen LogP) is 3.12. The number of likely N-dealkylation sites (tertiary alicyclic amines) is 1. The van der Waals surface area contributed by atoms with Crippen LogP contribution in [0.15, 0.2) is 24.3 Å². The first-order valence-corrected chi connectivity index (χ1v) is 7.72. The standard InChI is InChI=1S/C17H25NO2/c1-2-5-14-6-8-15(9-7-14)12-16(13-17(19)20)18-10-3-4-11-18/h6-9,16H,2-5,10-13H2,1H3,(H,19,20). The summed E-state index contributed by atoms with van der Waals surface area (Å²) in [4.78, 5) is 13.4. The molecule has 0 radical (unpaired) electrons. The zero-order chi connectivity index (χ0) is 14.4. The topological polar surface area (TPSA) is 40.5 Å². The molecule has 3 nitrogen and oxygen atoms in total. The fourth-order valence-corrected chi connectivity index (χ4v) is 3.04. The first-order valence-electron chi connectivity index (χ1n) is 7.72. The molecule has 0 amide bonds. The number of hydrogen-bond acceptors (Lipinski definition) is 2. The summed E-state index contributed by atoms with van der Waals surface area (Å²) in [6, 6.07) is 8.83. The number of hydrogen-bond donors (Lipinski definition) is 1. The molecule has 0 spiro atoms. The number of carboxylic acid groups (broad SMARTS) is 1. The Kier molecular flexibility index (Phi) is 5.60. The molecule has 0 saturated carbocycles. The second-order valence-corrected chi connectivity index (χ2v) is 5.77. The molecule has 2 rings (SSSR count). The summed E-state index contributed by atoms with van der Waals surface area (Å²) in [7, 11) is 0. The van der Waals surface area contributed by atoms with Crippen LogP contribution in [0.3, 0.4) is 0 Å². The van der Waals surface area contributed by atoms with E-state index in [1.165, 1.54) is 24.0 Å². The minimum atomic E-state index is -0.690. The van der Waals surface area contributed by atoms with E-state index in [1.54, 1.807) is 0 Å². The lowest BCUT2D eigenvalue weighted by molar-refractivity contribution is -0.138. The second-order valence-electron chi connectivity index (χ2n) is 5.77. The van der Waals surface area contributed by atoms with Crippen LogP contribution in [-0.4, -0.2) is 35.1 Å². The summed E-state index contributed by atoms with van der Waals surface area (Å²) < 4.78 is 0. The van der Waals surface area contributed by atoms with Gasteiger partial charge in [0.2, 0.25) is 0 Å². The lowest BCUT2D eigenvalue weighted by Gasteiger charge is -2.26. The van der Waals surface area contributed by atoms with Crippen molar-refractivity contribution in [3.05, 3.63) is 35.4 Å². The van der Waals surface area contributed by atoms with Crippen molar-refractivity contribution < 1.29 is 9.90 Å². The average molecular weight is 275 g/mol. The Hall–Kier alpha value is -1.35. The number of nitrogens with zero attached hydrogens (tertiary/aromatic N) is 1. The van der Waals surface area contributed by atoms with Crippen LogP contribution in [0.1, 0.15) is 43.7 Å². The minimum Gasteiger partial charge on any atom is -0.481 e. The molecular formula is C17H25NO2. The van der Waals surface area contributed by atoms with Gasteiger partial charge < -0.3 is 5.11 Å². The van der Waals surface area contributed by atoms with Gasteiger partial charge in [-0.05, 0) is 49.9 Å². The van der Waals surface area contributed by atoms with Gasteiger partial charge in [0.15, 0.2) is 0 Å². The van der Waals surface area contributed by atoms with Crippen molar-refractivity contribution in [2.75, 3.05) is 13.1 Å². The number of carboxylic acids is 1. The van der Waals surface area contributed by atoms with Gasteiger partial charge in [0.25, 0.3) is 0 Å². The van der Waals surface area contributed by atoms with Crippen molar-refractivity contribution in [1.82, 2.24) is 4.90 Å². The Morgan fingerprint density at radius 2 is 1.80 bits per heavy atom. The molecule has 1 N–H and O–H groups in total. The van der Waals surface area contributed by atoms with Crippen LogP contribution in [0.4, 0.5) is 0 Å². The van der Waals surface area contributed by atoms with Crippen LogP contribution in [-0.2, 0) is 17.6 Å². The Morgan fingerprint density at radius 3 is 2.35 bits per heavy atom. The zero-order valence-electron chi connectivity index (χ0n) is 12.3. The third kappa shape index (κ3) is 4.34. The molecule has 0 aromatic heterocycles. The van der Waals surface area contributed by atoms with Gasteiger partial charge >= 0.3 is 5.97 Å². The molecule has 1 aromatic carbocycles. The number of benzene rings is 1. The van der Waals surface area contributed by atoms with Crippen LogP contribution < -0.4 is 0 Å². The fraction of sp³-hybridized carbons (Fsp3) is 0.588. The molecule has 1 saturated heterocycles. The maximum Gasteiger partial charge on any atom is 0.304 e. The van der Waals surface area contributed by atoms with Gasteiger partial charge in [-0.25, -0.2) is 0 Å². The highest BCUT2D eigenvalue weighted by Gasteiger charge is 2.24. The van der Waals surface area contributed by atoms with E-state index >= 15 is 0 Å². The van der Waals surface area contributed by atoms with Gasteiger partial charge in [-0.1, -0.05) is 37.6 Å². The van der Waals surface area contributed by atoms with Crippen molar-refractivity contribution in [2.24, 2.45) is 0 Å². The van der Waals surface area contributed by atoms with Gasteiger partial charge in [-0.15, -0.1) is 0 Å². The molecule has 1 aliphatic heterocycles. The third-order valence-electron chi connectivity index (χ3n) is 4.10. The van der Waals surface area contributed by atoms with Gasteiger partial charge in [-0.2, -0.15) is 0 Å². The highest BCUT2D eigenvalue weighted by molar-refractivity contribution is 5.67. The first-order chi connectivity index (χ1) is 9.69. The van der Waals surface area contributed by atoms with E-state index in [-0.39, 0.29) is 12.5 Å². The molecule has 1 fully saturated rings. The van der Waals surface area contributed by atoms with Crippen molar-refractivity contribution >= 4 is 5.97 Å². The molecule has 0 bridgehead atoms. The third-order valence-corrected chi connectivity index (χ3v) is 4.10. The van der Waals surface area contributed by atoms with Crippen LogP contribution >= 0.6 is 0 Å². The molecule has 110 valence electrons. The van der Waals surface area contributed by atoms with E-state index in [9.17, 15) is 4.79 Å². The van der Waals surface area contributed by atoms with Crippen LogP contribution in [0.5, 0.6) is 0 Å². The molecule has 1 atom stereocenters. The molecular weight excluding hydrogens is 250 g/mol. The van der Waals surface area contributed by atoms with Gasteiger partial charge in [0.1, 0.15) is 0 Å². The van der Waals surface area contributed by atoms with Gasteiger partial charge in [0.05, 0.1) is 6.42 Å². The zero-order valence-corrected chi connectivity index (χ0v) is 12.3. The molecule has 1 heterocycles. The summed E-state index contributed by atoms with van der Waals surface area (Å²) in [5, 5.41) is 9.11. The highest BCUT2D eigenvalue weighted by atomic mass is 16.4. The van der Waals surface area contributed by atoms with E-state index < -0.39 is 5.97 Å². The quantitative estimate of drug-likeness (QED) is 0.831. The lowest BCUT2D eigenvalue weighted by atomic mass is 10.00. The summed E-state index contributed by atoms with van der Waals surface area (Å²) in [6.45, 7) is 4.28. The Bertz CT molecular complexity index is 421. The van der Waals surface area contributed by atoms with Gasteiger partial charge in [0, 0.05) is 6.04 Å². The van der Waals surface area contributed by atoms with Crippen LogP contribution in [0, 0.1) is 0 Å². The summed E-state index contributed by atoms with van der Waals surface area (Å²) in [6.07, 6.45) is 5.77. The second kappa shape index (κ2) is 7.44. The molecule has 1 aliphatic rings. The predicted molar refractivity (Wildman–Crippen MR) is 81.0 cm³/mol. The SMILES string of the molecule is CCCc1ccc(CC(CC(=O)O)N2CCCC2)cc1. The van der Waals surface area contributed by atoms with E-state index in [4.69, 9.17) is 5.11 Å². The summed E-state index contributed by atoms with van der Waals surface area (Å²) >= 11 is 0. The van der Waals surface area contributed by atoms with E-state index in [2.05, 4.69) is 36.1 Å². The normalized spacial score (nSPS) is 17.2. The highest BCUT2D eigenvalue weighted by Crippen LogP contribution is 2.19. The summed E-state index contributed by atoms with van der Waals surface area (Å²) in [5.74, 6) is -0.690. The number of carbonyl (C=O) groups is 1. The molecule has 1 aromatic rings. The summed E-state index contributed by atoms with van der Waals surface area (Å²) in [5.41, 5.74) is 2.62. The van der Waals surface area contributed by atoms with Crippen molar-refractivity contribution in [3.63, 3.8) is 0 Å². The smallest absolute Gasteiger partial charge is 0.304 e. The van der Waals surface area contributed by atoms with E-state index in [1.807, 2.05) is 0 Å². The van der Waals surface area contributed by atoms with Gasteiger partial charge in [-0.3, -0.25) is 9.69 Å². The van der Waals surface area contributed by atoms with Crippen LogP contribution in [0.25, 0.3) is 0 Å². The van der Waals surface area contributed by atoms with Crippen molar-refractivity contribution in [1.29, 1.82) is 0 Å². The van der Waals surface area contributed by atoms with Crippen molar-refractivity contribution in [3.8, 4) is 0 Å². The maximum atomic E-state index is 11.1. The Balaban J connectivity index is 2.00.